The normalized spacial score (nSPS) is 14.8. The van der Waals surface area contributed by atoms with Crippen LogP contribution in [-0.2, 0) is 5.41 Å². The number of likely N-dealkylation sites (tertiary alicyclic amines) is 1. The molecular formula is C31H36N4. The highest BCUT2D eigenvalue weighted by molar-refractivity contribution is 5.75. The second-order valence-corrected chi connectivity index (χ2v) is 9.07. The van der Waals surface area contributed by atoms with Crippen molar-refractivity contribution in [2.24, 2.45) is 0 Å². The number of para-hydroxylation sites is 2. The summed E-state index contributed by atoms with van der Waals surface area (Å²) in [6.07, 6.45) is 6.11. The molecule has 4 nitrogen and oxygen atoms in total. The average Bonchev–Trinajstić information content (AvgIpc) is 3.38. The fourth-order valence-electron chi connectivity index (χ4n) is 5.34. The van der Waals surface area contributed by atoms with Gasteiger partial charge in [0.1, 0.15) is 5.41 Å². The smallest absolute Gasteiger partial charge is 0.107 e. The number of piperidine rings is 1. The van der Waals surface area contributed by atoms with Gasteiger partial charge in [0.15, 0.2) is 0 Å². The van der Waals surface area contributed by atoms with Gasteiger partial charge in [-0.1, -0.05) is 86.6 Å². The van der Waals surface area contributed by atoms with E-state index in [1.54, 1.807) is 0 Å². The topological polar surface area (TPSA) is 44.9 Å². The molecule has 180 valence electrons. The number of nitriles is 1. The van der Waals surface area contributed by atoms with E-state index < -0.39 is 5.41 Å². The molecule has 5 rings (SSSR count). The zero-order valence-corrected chi connectivity index (χ0v) is 21.0. The standard InChI is InChI=1S/C29H30N4.C2H6/c30-22-29(24-10-3-1-4-11-24,25-12-5-2-6-13-25)18-9-19-32-20-16-26(17-21-32)33-23-31-27-14-7-8-15-28(27)33;1-2/h1-8,10-15,23,26H,9,16-21H2;1-2H3. The van der Waals surface area contributed by atoms with Gasteiger partial charge in [0.2, 0.25) is 0 Å². The first kappa shape index (κ1) is 24.7. The van der Waals surface area contributed by atoms with Crippen molar-refractivity contribution in [2.45, 2.75) is 51.0 Å². The number of hydrogen-bond donors (Lipinski definition) is 0. The van der Waals surface area contributed by atoms with Crippen LogP contribution in [0.15, 0.2) is 91.3 Å². The van der Waals surface area contributed by atoms with Crippen molar-refractivity contribution in [2.75, 3.05) is 19.6 Å². The average molecular weight is 465 g/mol. The van der Waals surface area contributed by atoms with Crippen molar-refractivity contribution in [1.82, 2.24) is 14.5 Å². The molecule has 1 aliphatic heterocycles. The maximum Gasteiger partial charge on any atom is 0.107 e. The van der Waals surface area contributed by atoms with E-state index in [0.717, 1.165) is 62.0 Å². The highest BCUT2D eigenvalue weighted by Gasteiger charge is 2.34. The molecule has 0 aliphatic carbocycles. The Morgan fingerprint density at radius 3 is 2.03 bits per heavy atom. The lowest BCUT2D eigenvalue weighted by Gasteiger charge is -2.34. The molecule has 1 saturated heterocycles. The van der Waals surface area contributed by atoms with Crippen LogP contribution in [0.25, 0.3) is 11.0 Å². The van der Waals surface area contributed by atoms with E-state index in [4.69, 9.17) is 0 Å². The van der Waals surface area contributed by atoms with E-state index in [2.05, 4.69) is 69.1 Å². The van der Waals surface area contributed by atoms with E-state index in [9.17, 15) is 5.26 Å². The molecule has 35 heavy (non-hydrogen) atoms. The highest BCUT2D eigenvalue weighted by atomic mass is 15.2. The number of aromatic nitrogens is 2. The lowest BCUT2D eigenvalue weighted by molar-refractivity contribution is 0.183. The van der Waals surface area contributed by atoms with E-state index in [1.165, 1.54) is 5.52 Å². The Morgan fingerprint density at radius 1 is 0.857 bits per heavy atom. The van der Waals surface area contributed by atoms with Crippen molar-refractivity contribution in [1.29, 1.82) is 5.26 Å². The van der Waals surface area contributed by atoms with Gasteiger partial charge in [-0.15, -0.1) is 0 Å². The molecule has 0 unspecified atom stereocenters. The Hall–Kier alpha value is -3.42. The third-order valence-corrected chi connectivity index (χ3v) is 7.18. The Morgan fingerprint density at radius 2 is 1.43 bits per heavy atom. The first-order valence-electron chi connectivity index (χ1n) is 13.0. The number of hydrogen-bond acceptors (Lipinski definition) is 3. The molecule has 0 atom stereocenters. The monoisotopic (exact) mass is 464 g/mol. The van der Waals surface area contributed by atoms with E-state index in [-0.39, 0.29) is 0 Å². The Kier molecular flexibility index (Phi) is 8.34. The van der Waals surface area contributed by atoms with E-state index in [0.29, 0.717) is 6.04 Å². The highest BCUT2D eigenvalue weighted by Crippen LogP contribution is 2.36. The minimum Gasteiger partial charge on any atom is -0.327 e. The Balaban J connectivity index is 0.00000141. The molecular weight excluding hydrogens is 428 g/mol. The van der Waals surface area contributed by atoms with Gasteiger partial charge in [-0.3, -0.25) is 0 Å². The van der Waals surface area contributed by atoms with E-state index in [1.807, 2.05) is 56.6 Å². The number of benzene rings is 3. The van der Waals surface area contributed by atoms with Crippen LogP contribution < -0.4 is 0 Å². The zero-order valence-electron chi connectivity index (χ0n) is 21.0. The van der Waals surface area contributed by atoms with Gasteiger partial charge < -0.3 is 9.47 Å². The molecule has 4 heteroatoms. The van der Waals surface area contributed by atoms with Gasteiger partial charge in [0.25, 0.3) is 0 Å². The molecule has 2 heterocycles. The summed E-state index contributed by atoms with van der Waals surface area (Å²) in [5.74, 6) is 0. The second-order valence-electron chi connectivity index (χ2n) is 9.07. The summed E-state index contributed by atoms with van der Waals surface area (Å²) in [6.45, 7) is 7.21. The van der Waals surface area contributed by atoms with Crippen molar-refractivity contribution in [3.05, 3.63) is 102 Å². The molecule has 0 spiro atoms. The molecule has 3 aromatic carbocycles. The third-order valence-electron chi connectivity index (χ3n) is 7.18. The van der Waals surface area contributed by atoms with Crippen LogP contribution in [0, 0.1) is 11.3 Å². The predicted molar refractivity (Wildman–Crippen MR) is 144 cm³/mol. The van der Waals surface area contributed by atoms with E-state index >= 15 is 0 Å². The number of rotatable bonds is 7. The lowest BCUT2D eigenvalue weighted by atomic mass is 9.72. The molecule has 0 amide bonds. The van der Waals surface area contributed by atoms with Gasteiger partial charge in [-0.25, -0.2) is 4.98 Å². The summed E-state index contributed by atoms with van der Waals surface area (Å²) >= 11 is 0. The van der Waals surface area contributed by atoms with Crippen LogP contribution in [0.4, 0.5) is 0 Å². The SMILES string of the molecule is CC.N#CC(CCCN1CCC(n2cnc3ccccc32)CC1)(c1ccccc1)c1ccccc1. The second kappa shape index (κ2) is 11.8. The Labute approximate surface area is 209 Å². The summed E-state index contributed by atoms with van der Waals surface area (Å²) in [5, 5.41) is 10.4. The summed E-state index contributed by atoms with van der Waals surface area (Å²) in [7, 11) is 0. The van der Waals surface area contributed by atoms with Crippen molar-refractivity contribution >= 4 is 11.0 Å². The summed E-state index contributed by atoms with van der Waals surface area (Å²) in [6, 6.07) is 32.2. The predicted octanol–water partition coefficient (Wildman–Crippen LogP) is 6.99. The number of nitrogens with zero attached hydrogens (tertiary/aromatic N) is 4. The molecule has 4 aromatic rings. The van der Waals surface area contributed by atoms with Crippen LogP contribution >= 0.6 is 0 Å². The van der Waals surface area contributed by atoms with Crippen LogP contribution in [-0.4, -0.2) is 34.1 Å². The number of fused-ring (bicyclic) bond motifs is 1. The molecule has 0 bridgehead atoms. The minimum absolute atomic E-state index is 0.514. The first-order chi connectivity index (χ1) is 17.3. The maximum absolute atomic E-state index is 10.4. The molecule has 0 saturated carbocycles. The number of imidazole rings is 1. The van der Waals surface area contributed by atoms with Crippen LogP contribution in [0.5, 0.6) is 0 Å². The lowest BCUT2D eigenvalue weighted by Crippen LogP contribution is -2.36. The first-order valence-corrected chi connectivity index (χ1v) is 13.0. The summed E-state index contributed by atoms with van der Waals surface area (Å²) in [4.78, 5) is 7.14. The van der Waals surface area contributed by atoms with Gasteiger partial charge in [-0.2, -0.15) is 5.26 Å². The fourth-order valence-corrected chi connectivity index (χ4v) is 5.34. The minimum atomic E-state index is -0.601. The molecule has 0 N–H and O–H groups in total. The van der Waals surface area contributed by atoms with Gasteiger partial charge in [0, 0.05) is 19.1 Å². The third kappa shape index (κ3) is 5.31. The molecule has 1 aromatic heterocycles. The maximum atomic E-state index is 10.4. The van der Waals surface area contributed by atoms with Crippen molar-refractivity contribution in [3.8, 4) is 6.07 Å². The Bertz CT molecular complexity index is 1180. The quantitative estimate of drug-likeness (QED) is 0.296. The largest absolute Gasteiger partial charge is 0.327 e. The van der Waals surface area contributed by atoms with Gasteiger partial charge in [0.05, 0.1) is 23.4 Å². The summed E-state index contributed by atoms with van der Waals surface area (Å²) in [5.41, 5.74) is 3.89. The van der Waals surface area contributed by atoms with Crippen molar-refractivity contribution in [3.63, 3.8) is 0 Å². The van der Waals surface area contributed by atoms with Crippen LogP contribution in [0.3, 0.4) is 0 Å². The molecule has 1 aliphatic rings. The van der Waals surface area contributed by atoms with Gasteiger partial charge in [-0.05, 0) is 55.5 Å². The molecule has 1 fully saturated rings. The summed E-state index contributed by atoms with van der Waals surface area (Å²) < 4.78 is 2.36. The fraction of sp³-hybridized carbons (Fsp3) is 0.355. The van der Waals surface area contributed by atoms with Crippen LogP contribution in [0.1, 0.15) is 56.7 Å². The molecule has 0 radical (unpaired) electrons. The zero-order chi connectivity index (χ0) is 24.5. The van der Waals surface area contributed by atoms with Crippen molar-refractivity contribution < 1.29 is 0 Å². The van der Waals surface area contributed by atoms with Gasteiger partial charge >= 0.3 is 0 Å². The van der Waals surface area contributed by atoms with Crippen LogP contribution in [0.2, 0.25) is 0 Å².